The van der Waals surface area contributed by atoms with Crippen LogP contribution in [-0.2, 0) is 28.2 Å². The normalized spacial score (nSPS) is 13.0. The van der Waals surface area contributed by atoms with Crippen LogP contribution in [-0.4, -0.2) is 64.6 Å². The monoisotopic (exact) mass is 342 g/mol. The number of hydrogen-bond donors (Lipinski definition) is 0. The zero-order valence-electron chi connectivity index (χ0n) is 14.2. The largest absolute Gasteiger partial charge is 0.469 e. The predicted octanol–water partition coefficient (Wildman–Crippen LogP) is 2.59. The summed E-state index contributed by atoms with van der Waals surface area (Å²) in [5.41, 5.74) is -0.456. The first kappa shape index (κ1) is 22.7. The molecule has 0 saturated heterocycles. The van der Waals surface area contributed by atoms with Crippen molar-refractivity contribution in [3.05, 3.63) is 0 Å². The number of ether oxygens (including phenoxy) is 2. The van der Waals surface area contributed by atoms with Crippen LogP contribution in [0.3, 0.4) is 0 Å². The van der Waals surface area contributed by atoms with E-state index in [1.165, 1.54) is 14.2 Å². The number of esters is 2. The minimum absolute atomic E-state index is 0.0451. The smallest absolute Gasteiger partial charge is 0.316 e. The highest BCUT2D eigenvalue weighted by Gasteiger charge is 2.33. The molecule has 126 valence electrons. The van der Waals surface area contributed by atoms with Crippen LogP contribution in [0.2, 0.25) is 0 Å². The minimum Gasteiger partial charge on any atom is -0.469 e. The lowest BCUT2D eigenvalue weighted by Crippen LogP contribution is -2.27. The van der Waals surface area contributed by atoms with E-state index in [0.717, 1.165) is 0 Å². The van der Waals surface area contributed by atoms with Crippen molar-refractivity contribution in [2.24, 2.45) is 5.92 Å². The Morgan fingerprint density at radius 1 is 0.952 bits per heavy atom. The fourth-order valence-electron chi connectivity index (χ4n) is 1.74. The van der Waals surface area contributed by atoms with Crippen LogP contribution >= 0.6 is 14.3 Å². The minimum atomic E-state index is -2.38. The third-order valence-corrected chi connectivity index (χ3v) is 5.65. The number of rotatable bonds is 5. The van der Waals surface area contributed by atoms with Crippen LogP contribution in [0.25, 0.3) is 0 Å². The van der Waals surface area contributed by atoms with Gasteiger partial charge in [-0.3, -0.25) is 9.59 Å². The molecule has 0 aromatic heterocycles. The second kappa shape index (κ2) is 9.42. The van der Waals surface area contributed by atoms with E-state index in [9.17, 15) is 18.7 Å². The second-order valence-electron chi connectivity index (χ2n) is 5.95. The Morgan fingerprint density at radius 3 is 1.48 bits per heavy atom. The zero-order valence-corrected chi connectivity index (χ0v) is 16.0. The molecule has 21 heavy (non-hydrogen) atoms. The molecule has 0 aromatic carbocycles. The van der Waals surface area contributed by atoms with Gasteiger partial charge >= 0.3 is 11.9 Å². The molecule has 8 heteroatoms. The third kappa shape index (κ3) is 11.7. The number of hydrogen-bond acceptors (Lipinski definition) is 6. The van der Waals surface area contributed by atoms with E-state index in [1.54, 1.807) is 26.7 Å². The molecule has 1 atom stereocenters. The summed E-state index contributed by atoms with van der Waals surface area (Å²) in [6.45, 7) is 10.1. The van der Waals surface area contributed by atoms with Crippen molar-refractivity contribution in [3.63, 3.8) is 0 Å². The fraction of sp³-hybridized carbons (Fsp3) is 0.846. The van der Waals surface area contributed by atoms with Crippen LogP contribution < -0.4 is 0 Å². The summed E-state index contributed by atoms with van der Waals surface area (Å²) in [6, 6.07) is 0. The molecule has 0 aliphatic rings. The zero-order chi connectivity index (χ0) is 17.4. The van der Waals surface area contributed by atoms with E-state index in [0.29, 0.717) is 0 Å². The Hall–Kier alpha value is -0.600. The van der Waals surface area contributed by atoms with E-state index in [4.69, 9.17) is 0 Å². The molecule has 0 fully saturated rings. The van der Waals surface area contributed by atoms with Crippen LogP contribution in [0.4, 0.5) is 0 Å². The fourth-order valence-corrected chi connectivity index (χ4v) is 4.54. The van der Waals surface area contributed by atoms with Gasteiger partial charge in [-0.2, -0.15) is 0 Å². The Morgan fingerprint density at radius 2 is 1.38 bits per heavy atom. The summed E-state index contributed by atoms with van der Waals surface area (Å²) < 4.78 is 31.4. The van der Waals surface area contributed by atoms with Crippen molar-refractivity contribution in [2.45, 2.75) is 19.5 Å². The molecule has 6 nitrogen and oxygen atoms in total. The highest BCUT2D eigenvalue weighted by molar-refractivity contribution is 7.64. The van der Waals surface area contributed by atoms with Crippen LogP contribution in [0.5, 0.6) is 0 Å². The summed E-state index contributed by atoms with van der Waals surface area (Å²) in [5, 5.41) is 0. The molecule has 0 aromatic rings. The van der Waals surface area contributed by atoms with Gasteiger partial charge in [-0.05, 0) is 32.6 Å². The SMILES string of the molecule is COC(=O)C(C(C)C)P(C)(C)=O.COC(=O)CP(C)(C)=O. The van der Waals surface area contributed by atoms with Crippen molar-refractivity contribution >= 4 is 26.2 Å². The molecule has 0 spiro atoms. The Labute approximate surface area is 127 Å². The van der Waals surface area contributed by atoms with Crippen LogP contribution in [0, 0.1) is 5.92 Å². The maximum Gasteiger partial charge on any atom is 0.316 e. The van der Waals surface area contributed by atoms with Crippen molar-refractivity contribution in [3.8, 4) is 0 Å². The van der Waals surface area contributed by atoms with E-state index in [-0.39, 0.29) is 18.0 Å². The average Bonchev–Trinajstić information content (AvgIpc) is 2.24. The average molecular weight is 342 g/mol. The number of carbonyl (C=O) groups is 2. The van der Waals surface area contributed by atoms with Crippen molar-refractivity contribution in [2.75, 3.05) is 47.0 Å². The number of carbonyl (C=O) groups excluding carboxylic acids is 2. The van der Waals surface area contributed by atoms with E-state index in [2.05, 4.69) is 9.47 Å². The molecule has 0 rings (SSSR count). The molecule has 0 N–H and O–H groups in total. The summed E-state index contributed by atoms with van der Waals surface area (Å²) in [6.07, 6.45) is 0.0451. The molecule has 0 saturated carbocycles. The maximum atomic E-state index is 11.7. The third-order valence-electron chi connectivity index (χ3n) is 2.48. The van der Waals surface area contributed by atoms with Gasteiger partial charge < -0.3 is 18.6 Å². The molecule has 0 radical (unpaired) electrons. The van der Waals surface area contributed by atoms with Gasteiger partial charge in [0.15, 0.2) is 0 Å². The number of methoxy groups -OCH3 is 2. The first-order valence-electron chi connectivity index (χ1n) is 6.49. The Balaban J connectivity index is 0. The molecule has 0 aliphatic heterocycles. The lowest BCUT2D eigenvalue weighted by molar-refractivity contribution is -0.141. The molecule has 0 amide bonds. The van der Waals surface area contributed by atoms with Crippen LogP contribution in [0.15, 0.2) is 0 Å². The van der Waals surface area contributed by atoms with E-state index >= 15 is 0 Å². The van der Waals surface area contributed by atoms with Gasteiger partial charge in [0.05, 0.1) is 34.7 Å². The van der Waals surface area contributed by atoms with Gasteiger partial charge in [-0.15, -0.1) is 0 Å². The molecular weight excluding hydrogens is 314 g/mol. The Kier molecular flexibility index (Phi) is 10.2. The molecule has 0 heterocycles. The van der Waals surface area contributed by atoms with E-state index < -0.39 is 25.9 Å². The summed E-state index contributed by atoms with van der Waals surface area (Å²) in [5.74, 6) is -0.694. The molecule has 1 unspecified atom stereocenters. The highest BCUT2D eigenvalue weighted by atomic mass is 31.2. The topological polar surface area (TPSA) is 86.7 Å². The summed E-state index contributed by atoms with van der Waals surface area (Å²) in [7, 11) is -1.98. The van der Waals surface area contributed by atoms with Gasteiger partial charge in [0.2, 0.25) is 0 Å². The first-order valence-corrected chi connectivity index (χ1v) is 11.9. The molecule has 0 bridgehead atoms. The van der Waals surface area contributed by atoms with Gasteiger partial charge in [0.25, 0.3) is 0 Å². The van der Waals surface area contributed by atoms with Crippen molar-refractivity contribution in [1.82, 2.24) is 0 Å². The first-order chi connectivity index (χ1) is 9.26. The maximum absolute atomic E-state index is 11.7. The lowest BCUT2D eigenvalue weighted by atomic mass is 10.1. The van der Waals surface area contributed by atoms with Crippen molar-refractivity contribution < 1.29 is 28.2 Å². The summed E-state index contributed by atoms with van der Waals surface area (Å²) >= 11 is 0. The standard InChI is InChI=1S/C8H17O3P.C5H11O3P/c1-6(2)7(8(9)11-3)12(4,5)10;1-8-5(6)4-9(2,3)7/h6-7H,1-5H3;4H2,1-3H3. The van der Waals surface area contributed by atoms with Gasteiger partial charge in [0.1, 0.15) is 5.66 Å². The van der Waals surface area contributed by atoms with Gasteiger partial charge in [-0.1, -0.05) is 13.8 Å². The predicted molar refractivity (Wildman–Crippen MR) is 86.4 cm³/mol. The van der Waals surface area contributed by atoms with E-state index in [1.807, 2.05) is 13.8 Å². The summed E-state index contributed by atoms with van der Waals surface area (Å²) in [4.78, 5) is 21.6. The highest BCUT2D eigenvalue weighted by Crippen LogP contribution is 2.46. The second-order valence-corrected chi connectivity index (χ2v) is 12.8. The van der Waals surface area contributed by atoms with Gasteiger partial charge in [0, 0.05) is 0 Å². The lowest BCUT2D eigenvalue weighted by Gasteiger charge is -2.21. The molecular formula is C13H28O6P2. The van der Waals surface area contributed by atoms with Crippen molar-refractivity contribution in [1.29, 1.82) is 0 Å². The molecule has 0 aliphatic carbocycles. The quantitative estimate of drug-likeness (QED) is 0.564. The van der Waals surface area contributed by atoms with Gasteiger partial charge in [-0.25, -0.2) is 0 Å². The Bertz CT molecular complexity index is 432. The van der Waals surface area contributed by atoms with Crippen LogP contribution in [0.1, 0.15) is 13.8 Å².